The molecule has 1 amide bonds. The summed E-state index contributed by atoms with van der Waals surface area (Å²) in [6, 6.07) is 14.0. The minimum absolute atomic E-state index is 0.205. The fourth-order valence-corrected chi connectivity index (χ4v) is 1.93. The van der Waals surface area contributed by atoms with Gasteiger partial charge in [0.15, 0.2) is 0 Å². The Morgan fingerprint density at radius 3 is 2.60 bits per heavy atom. The van der Waals surface area contributed by atoms with E-state index in [1.807, 2.05) is 30.3 Å². The van der Waals surface area contributed by atoms with Crippen LogP contribution in [0.5, 0.6) is 5.75 Å². The van der Waals surface area contributed by atoms with Gasteiger partial charge in [0.25, 0.3) is 0 Å². The Morgan fingerprint density at radius 2 is 1.95 bits per heavy atom. The van der Waals surface area contributed by atoms with Crippen LogP contribution in [-0.2, 0) is 11.2 Å². The van der Waals surface area contributed by atoms with Crippen molar-refractivity contribution in [1.29, 1.82) is 0 Å². The summed E-state index contributed by atoms with van der Waals surface area (Å²) in [4.78, 5) is 12.0. The Balaban J connectivity index is 1.99. The standard InChI is InChI=1S/C16H18N2O2/c1-11-9-13(7-8-15(11)19)18-16(20)14(17)10-12-5-3-2-4-6-12/h2-9,14,19H,10,17H2,1H3,(H,18,20)/t14-/m0/s1. The summed E-state index contributed by atoms with van der Waals surface area (Å²) >= 11 is 0. The number of nitrogens with two attached hydrogens (primary N) is 1. The lowest BCUT2D eigenvalue weighted by Crippen LogP contribution is -2.37. The molecule has 0 saturated heterocycles. The Morgan fingerprint density at radius 1 is 1.25 bits per heavy atom. The molecule has 20 heavy (non-hydrogen) atoms. The molecule has 0 unspecified atom stereocenters. The van der Waals surface area contributed by atoms with Gasteiger partial charge in [0.2, 0.25) is 5.91 Å². The average Bonchev–Trinajstić information content (AvgIpc) is 2.44. The van der Waals surface area contributed by atoms with Crippen molar-refractivity contribution in [1.82, 2.24) is 0 Å². The number of phenols is 1. The first kappa shape index (κ1) is 14.1. The van der Waals surface area contributed by atoms with Crippen molar-refractivity contribution in [3.05, 3.63) is 59.7 Å². The number of hydrogen-bond donors (Lipinski definition) is 3. The van der Waals surface area contributed by atoms with E-state index in [4.69, 9.17) is 5.73 Å². The van der Waals surface area contributed by atoms with Gasteiger partial charge in [-0.15, -0.1) is 0 Å². The van der Waals surface area contributed by atoms with Gasteiger partial charge in [0, 0.05) is 5.69 Å². The summed E-state index contributed by atoms with van der Waals surface area (Å²) in [6.07, 6.45) is 0.490. The monoisotopic (exact) mass is 270 g/mol. The van der Waals surface area contributed by atoms with Crippen molar-refractivity contribution in [2.24, 2.45) is 5.73 Å². The highest BCUT2D eigenvalue weighted by molar-refractivity contribution is 5.95. The van der Waals surface area contributed by atoms with Crippen LogP contribution in [0.1, 0.15) is 11.1 Å². The molecule has 4 N–H and O–H groups in total. The van der Waals surface area contributed by atoms with E-state index in [2.05, 4.69) is 5.32 Å². The van der Waals surface area contributed by atoms with Gasteiger partial charge >= 0.3 is 0 Å². The van der Waals surface area contributed by atoms with E-state index >= 15 is 0 Å². The lowest BCUT2D eigenvalue weighted by atomic mass is 10.1. The molecule has 0 radical (unpaired) electrons. The third kappa shape index (κ3) is 3.59. The number of phenolic OH excluding ortho intramolecular Hbond substituents is 1. The second-order valence-electron chi connectivity index (χ2n) is 4.79. The number of aromatic hydroxyl groups is 1. The second kappa shape index (κ2) is 6.21. The lowest BCUT2D eigenvalue weighted by molar-refractivity contribution is -0.117. The van der Waals surface area contributed by atoms with Crippen LogP contribution in [0.3, 0.4) is 0 Å². The molecule has 0 bridgehead atoms. The maximum atomic E-state index is 12.0. The highest BCUT2D eigenvalue weighted by Crippen LogP contribution is 2.20. The van der Waals surface area contributed by atoms with E-state index in [-0.39, 0.29) is 11.7 Å². The molecule has 0 aliphatic rings. The summed E-state index contributed by atoms with van der Waals surface area (Å²) in [7, 11) is 0. The van der Waals surface area contributed by atoms with E-state index < -0.39 is 6.04 Å². The molecule has 0 aliphatic heterocycles. The Labute approximate surface area is 118 Å². The number of amides is 1. The Hall–Kier alpha value is -2.33. The van der Waals surface area contributed by atoms with Gasteiger partial charge in [0.1, 0.15) is 5.75 Å². The van der Waals surface area contributed by atoms with Crippen LogP contribution >= 0.6 is 0 Å². The van der Waals surface area contributed by atoms with Gasteiger partial charge in [-0.2, -0.15) is 0 Å². The van der Waals surface area contributed by atoms with Gasteiger partial charge in [-0.3, -0.25) is 4.79 Å². The second-order valence-corrected chi connectivity index (χ2v) is 4.79. The molecule has 4 heteroatoms. The van der Waals surface area contributed by atoms with Crippen LogP contribution in [0, 0.1) is 6.92 Å². The van der Waals surface area contributed by atoms with Crippen LogP contribution in [0.4, 0.5) is 5.69 Å². The van der Waals surface area contributed by atoms with Crippen molar-refractivity contribution < 1.29 is 9.90 Å². The van der Waals surface area contributed by atoms with Crippen molar-refractivity contribution in [3.63, 3.8) is 0 Å². The third-order valence-electron chi connectivity index (χ3n) is 3.10. The van der Waals surface area contributed by atoms with Crippen LogP contribution in [0.15, 0.2) is 48.5 Å². The van der Waals surface area contributed by atoms with E-state index in [1.54, 1.807) is 25.1 Å². The Bertz CT molecular complexity index is 597. The van der Waals surface area contributed by atoms with E-state index in [1.165, 1.54) is 0 Å². The maximum absolute atomic E-state index is 12.0. The molecule has 1 atom stereocenters. The summed E-state index contributed by atoms with van der Waals surface area (Å²) in [5, 5.41) is 12.2. The number of hydrogen-bond acceptors (Lipinski definition) is 3. The van der Waals surface area contributed by atoms with Gasteiger partial charge in [-0.1, -0.05) is 30.3 Å². The first-order valence-corrected chi connectivity index (χ1v) is 6.46. The molecular weight excluding hydrogens is 252 g/mol. The van der Waals surface area contributed by atoms with Crippen molar-refractivity contribution in [2.45, 2.75) is 19.4 Å². The summed E-state index contributed by atoms with van der Waals surface area (Å²) in [5.74, 6) is -0.0319. The minimum Gasteiger partial charge on any atom is -0.508 e. The molecular formula is C16H18N2O2. The zero-order valence-corrected chi connectivity index (χ0v) is 11.3. The van der Waals surface area contributed by atoms with Crippen LogP contribution in [-0.4, -0.2) is 17.1 Å². The lowest BCUT2D eigenvalue weighted by Gasteiger charge is -2.13. The molecule has 2 rings (SSSR count). The smallest absolute Gasteiger partial charge is 0.241 e. The van der Waals surface area contributed by atoms with Crippen molar-refractivity contribution in [2.75, 3.05) is 5.32 Å². The molecule has 104 valence electrons. The summed E-state index contributed by atoms with van der Waals surface area (Å²) < 4.78 is 0. The van der Waals surface area contributed by atoms with E-state index in [0.29, 0.717) is 17.7 Å². The number of rotatable bonds is 4. The molecule has 0 spiro atoms. The number of anilines is 1. The number of carbonyl (C=O) groups is 1. The first-order chi connectivity index (χ1) is 9.56. The van der Waals surface area contributed by atoms with Crippen LogP contribution < -0.4 is 11.1 Å². The number of benzene rings is 2. The topological polar surface area (TPSA) is 75.4 Å². The summed E-state index contributed by atoms with van der Waals surface area (Å²) in [6.45, 7) is 1.77. The van der Waals surface area contributed by atoms with E-state index in [0.717, 1.165) is 5.56 Å². The van der Waals surface area contributed by atoms with E-state index in [9.17, 15) is 9.90 Å². The van der Waals surface area contributed by atoms with Crippen LogP contribution in [0.25, 0.3) is 0 Å². The fourth-order valence-electron chi connectivity index (χ4n) is 1.93. The largest absolute Gasteiger partial charge is 0.508 e. The molecule has 0 fully saturated rings. The van der Waals surface area contributed by atoms with Gasteiger partial charge in [-0.25, -0.2) is 0 Å². The number of aryl methyl sites for hydroxylation is 1. The summed E-state index contributed by atoms with van der Waals surface area (Å²) in [5.41, 5.74) is 8.27. The SMILES string of the molecule is Cc1cc(NC(=O)[C@@H](N)Cc2ccccc2)ccc1O. The van der Waals surface area contributed by atoms with Crippen molar-refractivity contribution >= 4 is 11.6 Å². The first-order valence-electron chi connectivity index (χ1n) is 6.46. The molecule has 2 aromatic carbocycles. The Kier molecular flexibility index (Phi) is 4.38. The zero-order valence-electron chi connectivity index (χ0n) is 11.3. The molecule has 0 heterocycles. The third-order valence-corrected chi connectivity index (χ3v) is 3.10. The fraction of sp³-hybridized carbons (Fsp3) is 0.188. The van der Waals surface area contributed by atoms with Crippen LogP contribution in [0.2, 0.25) is 0 Å². The van der Waals surface area contributed by atoms with Crippen molar-refractivity contribution in [3.8, 4) is 5.75 Å². The zero-order chi connectivity index (χ0) is 14.5. The minimum atomic E-state index is -0.605. The molecule has 4 nitrogen and oxygen atoms in total. The molecule has 0 aromatic heterocycles. The maximum Gasteiger partial charge on any atom is 0.241 e. The predicted molar refractivity (Wildman–Crippen MR) is 79.6 cm³/mol. The predicted octanol–water partition coefficient (Wildman–Crippen LogP) is 2.21. The normalized spacial score (nSPS) is 11.9. The highest BCUT2D eigenvalue weighted by atomic mass is 16.3. The number of nitrogens with one attached hydrogen (secondary N) is 1. The molecule has 0 aliphatic carbocycles. The van der Waals surface area contributed by atoms with Gasteiger partial charge in [-0.05, 0) is 42.7 Å². The van der Waals surface area contributed by atoms with Gasteiger partial charge in [0.05, 0.1) is 6.04 Å². The van der Waals surface area contributed by atoms with Gasteiger partial charge < -0.3 is 16.2 Å². The molecule has 0 saturated carbocycles. The molecule has 2 aromatic rings. The quantitative estimate of drug-likeness (QED) is 0.746. The highest BCUT2D eigenvalue weighted by Gasteiger charge is 2.14. The average molecular weight is 270 g/mol. The number of carbonyl (C=O) groups excluding carboxylic acids is 1.